The first-order valence-corrected chi connectivity index (χ1v) is 5.18. The summed E-state index contributed by atoms with van der Waals surface area (Å²) in [4.78, 5) is 9.71. The molecule has 0 amide bonds. The van der Waals surface area contributed by atoms with Crippen LogP contribution in [0.1, 0.15) is 24.0 Å². The van der Waals surface area contributed by atoms with Crippen LogP contribution < -0.4 is 0 Å². The topological polar surface area (TPSA) is 31.9 Å². The molecule has 1 aromatic rings. The fourth-order valence-corrected chi connectivity index (χ4v) is 1.87. The van der Waals surface area contributed by atoms with Crippen LogP contribution in [0.4, 0.5) is 0 Å². The van der Waals surface area contributed by atoms with Crippen LogP contribution in [0.15, 0.2) is 0 Å². The number of H-pyrrole nitrogens is 1. The van der Waals surface area contributed by atoms with Crippen LogP contribution in [-0.4, -0.2) is 29.0 Å². The quantitative estimate of drug-likeness (QED) is 0.777. The van der Waals surface area contributed by atoms with E-state index in [0.717, 1.165) is 34.7 Å². The molecule has 1 heterocycles. The highest BCUT2D eigenvalue weighted by molar-refractivity contribution is 7.71. The summed E-state index contributed by atoms with van der Waals surface area (Å²) in [6.07, 6.45) is 0.941. The van der Waals surface area contributed by atoms with Gasteiger partial charge in [-0.25, -0.2) is 4.98 Å². The zero-order chi connectivity index (χ0) is 10.7. The van der Waals surface area contributed by atoms with Gasteiger partial charge in [-0.15, -0.1) is 0 Å². The molecule has 1 N–H and O–H groups in total. The molecule has 1 aromatic heterocycles. The maximum Gasteiger partial charge on any atom is 0.133 e. The molecule has 0 fully saturated rings. The molecule has 0 radical (unpaired) electrons. The van der Waals surface area contributed by atoms with Gasteiger partial charge in [-0.2, -0.15) is 0 Å². The summed E-state index contributed by atoms with van der Waals surface area (Å²) in [5.41, 5.74) is 2.30. The number of nitrogens with zero attached hydrogens (tertiary/aromatic N) is 2. The van der Waals surface area contributed by atoms with Gasteiger partial charge in [0.2, 0.25) is 0 Å². The zero-order valence-corrected chi connectivity index (χ0v) is 10.0. The second kappa shape index (κ2) is 4.66. The van der Waals surface area contributed by atoms with E-state index in [1.54, 1.807) is 0 Å². The van der Waals surface area contributed by atoms with Gasteiger partial charge in [-0.3, -0.25) is 0 Å². The van der Waals surface area contributed by atoms with Gasteiger partial charge in [0.15, 0.2) is 0 Å². The smallest absolute Gasteiger partial charge is 0.133 e. The van der Waals surface area contributed by atoms with Crippen molar-refractivity contribution >= 4 is 12.2 Å². The normalized spacial score (nSPS) is 10.9. The van der Waals surface area contributed by atoms with Crippen LogP contribution in [-0.2, 0) is 13.0 Å². The lowest BCUT2D eigenvalue weighted by Gasteiger charge is -2.11. The third kappa shape index (κ3) is 2.62. The van der Waals surface area contributed by atoms with E-state index in [0.29, 0.717) is 0 Å². The molecule has 0 aliphatic rings. The monoisotopic (exact) mass is 211 g/mol. The Labute approximate surface area is 90.2 Å². The van der Waals surface area contributed by atoms with E-state index in [1.807, 2.05) is 14.1 Å². The van der Waals surface area contributed by atoms with E-state index in [2.05, 4.69) is 28.7 Å². The molecule has 14 heavy (non-hydrogen) atoms. The fraction of sp³-hybridized carbons (Fsp3) is 0.600. The highest BCUT2D eigenvalue weighted by Gasteiger charge is 2.03. The van der Waals surface area contributed by atoms with Gasteiger partial charge in [0.25, 0.3) is 0 Å². The van der Waals surface area contributed by atoms with Crippen molar-refractivity contribution in [2.45, 2.75) is 26.8 Å². The molecule has 1 rings (SSSR count). The zero-order valence-electron chi connectivity index (χ0n) is 9.22. The van der Waals surface area contributed by atoms with E-state index in [1.165, 1.54) is 0 Å². The van der Waals surface area contributed by atoms with Crippen LogP contribution in [0.2, 0.25) is 0 Å². The van der Waals surface area contributed by atoms with E-state index in [9.17, 15) is 0 Å². The number of nitrogens with one attached hydrogen (secondary N) is 1. The number of aromatic nitrogens is 2. The molecule has 0 saturated heterocycles. The van der Waals surface area contributed by atoms with Crippen LogP contribution in [0.5, 0.6) is 0 Å². The molecule has 0 bridgehead atoms. The molecule has 0 atom stereocenters. The van der Waals surface area contributed by atoms with Crippen molar-refractivity contribution in [3.05, 3.63) is 21.7 Å². The predicted octanol–water partition coefficient (Wildman–Crippen LogP) is 2.07. The predicted molar refractivity (Wildman–Crippen MR) is 60.9 cm³/mol. The highest BCUT2D eigenvalue weighted by Crippen LogP contribution is 2.08. The van der Waals surface area contributed by atoms with Gasteiger partial charge in [0.1, 0.15) is 10.5 Å². The standard InChI is InChI=1S/C10H17N3S/c1-5-8-7(2)11-9(6-13(3)4)12-10(8)14/h5-6H2,1-4H3,(H,11,12,14). The number of hydrogen-bond donors (Lipinski definition) is 1. The summed E-state index contributed by atoms with van der Waals surface area (Å²) in [5, 5.41) is 0. The minimum absolute atomic E-state index is 0.737. The van der Waals surface area contributed by atoms with E-state index >= 15 is 0 Å². The molecule has 4 heteroatoms. The average Bonchev–Trinajstić information content (AvgIpc) is 2.01. The van der Waals surface area contributed by atoms with Crippen molar-refractivity contribution in [2.75, 3.05) is 14.1 Å². The first-order valence-electron chi connectivity index (χ1n) is 4.78. The summed E-state index contributed by atoms with van der Waals surface area (Å²) < 4.78 is 0.737. The molecule has 78 valence electrons. The maximum absolute atomic E-state index is 5.23. The molecule has 0 aliphatic carbocycles. The lowest BCUT2D eigenvalue weighted by molar-refractivity contribution is 0.389. The Hall–Kier alpha value is -0.740. The molecular formula is C10H17N3S. The Kier molecular flexibility index (Phi) is 3.77. The van der Waals surface area contributed by atoms with Crippen molar-refractivity contribution < 1.29 is 0 Å². The molecule has 0 unspecified atom stereocenters. The van der Waals surface area contributed by atoms with Crippen LogP contribution in [0, 0.1) is 11.6 Å². The van der Waals surface area contributed by atoms with Crippen LogP contribution in [0.25, 0.3) is 0 Å². The van der Waals surface area contributed by atoms with Crippen molar-refractivity contribution in [1.82, 2.24) is 14.9 Å². The second-order valence-corrected chi connectivity index (χ2v) is 4.07. The van der Waals surface area contributed by atoms with Gasteiger partial charge >= 0.3 is 0 Å². The van der Waals surface area contributed by atoms with Gasteiger partial charge in [-0.1, -0.05) is 19.1 Å². The van der Waals surface area contributed by atoms with E-state index in [-0.39, 0.29) is 0 Å². The van der Waals surface area contributed by atoms with E-state index < -0.39 is 0 Å². The van der Waals surface area contributed by atoms with Gasteiger partial charge < -0.3 is 9.88 Å². The summed E-state index contributed by atoms with van der Waals surface area (Å²) in [6.45, 7) is 4.95. The van der Waals surface area contributed by atoms with E-state index in [4.69, 9.17) is 12.2 Å². The van der Waals surface area contributed by atoms with Crippen LogP contribution in [0.3, 0.4) is 0 Å². The molecule has 0 aromatic carbocycles. The molecular weight excluding hydrogens is 194 g/mol. The Morgan fingerprint density at radius 1 is 1.43 bits per heavy atom. The van der Waals surface area contributed by atoms with Gasteiger partial charge in [0.05, 0.1) is 6.54 Å². The molecule has 3 nitrogen and oxygen atoms in total. The molecule has 0 saturated carbocycles. The number of aromatic amines is 1. The molecule has 0 spiro atoms. The Bertz CT molecular complexity index is 368. The largest absolute Gasteiger partial charge is 0.346 e. The average molecular weight is 211 g/mol. The minimum Gasteiger partial charge on any atom is -0.346 e. The third-order valence-electron chi connectivity index (χ3n) is 2.10. The number of hydrogen-bond acceptors (Lipinski definition) is 3. The summed E-state index contributed by atoms with van der Waals surface area (Å²) in [5.74, 6) is 0.940. The van der Waals surface area contributed by atoms with Crippen molar-refractivity contribution in [2.24, 2.45) is 0 Å². The SMILES string of the molecule is CCc1c(C)[nH]c(CN(C)C)nc1=S. The lowest BCUT2D eigenvalue weighted by Crippen LogP contribution is -2.14. The highest BCUT2D eigenvalue weighted by atomic mass is 32.1. The van der Waals surface area contributed by atoms with Crippen molar-refractivity contribution in [3.63, 3.8) is 0 Å². The van der Waals surface area contributed by atoms with Gasteiger partial charge in [-0.05, 0) is 27.4 Å². The summed E-state index contributed by atoms with van der Waals surface area (Å²) in [7, 11) is 4.03. The Morgan fingerprint density at radius 3 is 2.50 bits per heavy atom. The maximum atomic E-state index is 5.23. The van der Waals surface area contributed by atoms with Crippen LogP contribution >= 0.6 is 12.2 Å². The summed E-state index contributed by atoms with van der Waals surface area (Å²) >= 11 is 5.23. The Balaban J connectivity index is 3.08. The first-order chi connectivity index (χ1) is 6.54. The number of aryl methyl sites for hydroxylation is 1. The summed E-state index contributed by atoms with van der Waals surface area (Å²) in [6, 6.07) is 0. The number of rotatable bonds is 3. The lowest BCUT2D eigenvalue weighted by atomic mass is 10.2. The Morgan fingerprint density at radius 2 is 2.07 bits per heavy atom. The van der Waals surface area contributed by atoms with Gasteiger partial charge in [0, 0.05) is 11.3 Å². The second-order valence-electron chi connectivity index (χ2n) is 3.68. The minimum atomic E-state index is 0.737. The molecule has 0 aliphatic heterocycles. The van der Waals surface area contributed by atoms with Crippen molar-refractivity contribution in [3.8, 4) is 0 Å². The fourth-order valence-electron chi connectivity index (χ4n) is 1.46. The van der Waals surface area contributed by atoms with Crippen molar-refractivity contribution in [1.29, 1.82) is 0 Å². The third-order valence-corrected chi connectivity index (χ3v) is 2.44. The first kappa shape index (κ1) is 11.3.